The molecule has 132 valence electrons. The van der Waals surface area contributed by atoms with Gasteiger partial charge in [-0.05, 0) is 18.9 Å². The molecule has 0 saturated heterocycles. The van der Waals surface area contributed by atoms with Gasteiger partial charge in [0.25, 0.3) is 0 Å². The van der Waals surface area contributed by atoms with Gasteiger partial charge in [-0.25, -0.2) is 0 Å². The minimum atomic E-state index is 0.404. The molecule has 2 aromatic rings. The molecule has 1 aromatic carbocycles. The molecule has 0 amide bonds. The molecule has 6 nitrogen and oxygen atoms in total. The SMILES string of the molecule is COCCOc1cc2ncc(C#N)c(NC3CCCC3)c2cc1OC. The van der Waals surface area contributed by atoms with Gasteiger partial charge in [-0.3, -0.25) is 4.98 Å². The van der Waals surface area contributed by atoms with Crippen LogP contribution in [-0.4, -0.2) is 38.5 Å². The molecule has 0 aliphatic heterocycles. The molecule has 0 spiro atoms. The van der Waals surface area contributed by atoms with E-state index in [4.69, 9.17) is 14.2 Å². The van der Waals surface area contributed by atoms with Crippen LogP contribution in [0.15, 0.2) is 18.3 Å². The fraction of sp³-hybridized carbons (Fsp3) is 0.474. The largest absolute Gasteiger partial charge is 0.493 e. The first kappa shape index (κ1) is 17.3. The lowest BCUT2D eigenvalue weighted by molar-refractivity contribution is 0.144. The van der Waals surface area contributed by atoms with Crippen LogP contribution in [0.25, 0.3) is 10.9 Å². The number of hydrogen-bond donors (Lipinski definition) is 1. The van der Waals surface area contributed by atoms with Crippen LogP contribution in [0.3, 0.4) is 0 Å². The first-order chi connectivity index (χ1) is 12.3. The minimum absolute atomic E-state index is 0.404. The fourth-order valence-corrected chi connectivity index (χ4v) is 3.22. The number of aromatic nitrogens is 1. The lowest BCUT2D eigenvalue weighted by Gasteiger charge is -2.18. The highest BCUT2D eigenvalue weighted by atomic mass is 16.5. The maximum absolute atomic E-state index is 9.48. The number of methoxy groups -OCH3 is 2. The molecule has 1 N–H and O–H groups in total. The minimum Gasteiger partial charge on any atom is -0.493 e. The molecular formula is C19H23N3O3. The van der Waals surface area contributed by atoms with Gasteiger partial charge in [-0.15, -0.1) is 0 Å². The Labute approximate surface area is 147 Å². The first-order valence-corrected chi connectivity index (χ1v) is 8.56. The average Bonchev–Trinajstić information content (AvgIpc) is 3.15. The van der Waals surface area contributed by atoms with Gasteiger partial charge in [0, 0.05) is 30.8 Å². The maximum atomic E-state index is 9.48. The average molecular weight is 341 g/mol. The lowest BCUT2D eigenvalue weighted by atomic mass is 10.1. The Hall–Kier alpha value is -2.52. The third-order valence-corrected chi connectivity index (χ3v) is 4.52. The van der Waals surface area contributed by atoms with E-state index in [9.17, 15) is 5.26 Å². The van der Waals surface area contributed by atoms with Crippen LogP contribution in [0, 0.1) is 11.3 Å². The number of rotatable bonds is 7. The number of nitriles is 1. The number of pyridine rings is 1. The number of fused-ring (bicyclic) bond motifs is 1. The van der Waals surface area contributed by atoms with Gasteiger partial charge >= 0.3 is 0 Å². The summed E-state index contributed by atoms with van der Waals surface area (Å²) in [5.74, 6) is 1.24. The van der Waals surface area contributed by atoms with Crippen molar-refractivity contribution < 1.29 is 14.2 Å². The molecule has 3 rings (SSSR count). The number of benzene rings is 1. The van der Waals surface area contributed by atoms with Gasteiger partial charge in [-0.1, -0.05) is 12.8 Å². The van der Waals surface area contributed by atoms with Gasteiger partial charge < -0.3 is 19.5 Å². The van der Waals surface area contributed by atoms with Crippen molar-refractivity contribution in [2.75, 3.05) is 32.8 Å². The molecule has 1 fully saturated rings. The van der Waals surface area contributed by atoms with Crippen LogP contribution in [0.5, 0.6) is 11.5 Å². The highest BCUT2D eigenvalue weighted by Crippen LogP contribution is 2.37. The van der Waals surface area contributed by atoms with Gasteiger partial charge in [0.1, 0.15) is 12.7 Å². The van der Waals surface area contributed by atoms with Crippen LogP contribution in [0.1, 0.15) is 31.2 Å². The Kier molecular flexibility index (Phi) is 5.56. The number of nitrogens with one attached hydrogen (secondary N) is 1. The zero-order valence-electron chi connectivity index (χ0n) is 14.7. The van der Waals surface area contributed by atoms with E-state index in [0.29, 0.717) is 36.3 Å². The van der Waals surface area contributed by atoms with Crippen molar-refractivity contribution in [3.8, 4) is 17.6 Å². The van der Waals surface area contributed by atoms with Crippen LogP contribution in [0.4, 0.5) is 5.69 Å². The van der Waals surface area contributed by atoms with Gasteiger partial charge in [-0.2, -0.15) is 5.26 Å². The molecule has 6 heteroatoms. The van der Waals surface area contributed by atoms with Crippen LogP contribution >= 0.6 is 0 Å². The Morgan fingerprint density at radius 2 is 2.00 bits per heavy atom. The summed E-state index contributed by atoms with van der Waals surface area (Å²) in [6.07, 6.45) is 6.33. The van der Waals surface area contributed by atoms with Crippen molar-refractivity contribution >= 4 is 16.6 Å². The molecule has 1 saturated carbocycles. The molecule has 0 bridgehead atoms. The molecule has 1 aromatic heterocycles. The first-order valence-electron chi connectivity index (χ1n) is 8.56. The van der Waals surface area contributed by atoms with Gasteiger partial charge in [0.2, 0.25) is 0 Å². The summed E-state index contributed by atoms with van der Waals surface area (Å²) in [5.41, 5.74) is 2.16. The van der Waals surface area contributed by atoms with Crippen molar-refractivity contribution in [2.24, 2.45) is 0 Å². The number of anilines is 1. The van der Waals surface area contributed by atoms with Gasteiger partial charge in [0.15, 0.2) is 11.5 Å². The molecule has 25 heavy (non-hydrogen) atoms. The predicted octanol–water partition coefficient (Wildman–Crippen LogP) is 3.49. The molecule has 1 aliphatic rings. The molecule has 1 aliphatic carbocycles. The molecule has 0 unspecified atom stereocenters. The number of ether oxygens (including phenoxy) is 3. The van der Waals surface area contributed by atoms with Crippen LogP contribution in [-0.2, 0) is 4.74 Å². The third-order valence-electron chi connectivity index (χ3n) is 4.52. The summed E-state index contributed by atoms with van der Waals surface area (Å²) in [6.45, 7) is 0.929. The third kappa shape index (κ3) is 3.77. The summed E-state index contributed by atoms with van der Waals surface area (Å²) >= 11 is 0. The van der Waals surface area contributed by atoms with E-state index in [0.717, 1.165) is 29.4 Å². The number of hydrogen-bond acceptors (Lipinski definition) is 6. The second-order valence-corrected chi connectivity index (χ2v) is 6.15. The Morgan fingerprint density at radius 1 is 1.20 bits per heavy atom. The van der Waals surface area contributed by atoms with Crippen molar-refractivity contribution in [3.05, 3.63) is 23.9 Å². The lowest BCUT2D eigenvalue weighted by Crippen LogP contribution is -2.16. The predicted molar refractivity (Wildman–Crippen MR) is 96.3 cm³/mol. The van der Waals surface area contributed by atoms with Crippen LogP contribution < -0.4 is 14.8 Å². The fourth-order valence-electron chi connectivity index (χ4n) is 3.22. The quantitative estimate of drug-likeness (QED) is 0.777. The summed E-state index contributed by atoms with van der Waals surface area (Å²) in [7, 11) is 3.24. The zero-order chi connectivity index (χ0) is 17.6. The van der Waals surface area contributed by atoms with E-state index >= 15 is 0 Å². The monoisotopic (exact) mass is 341 g/mol. The molecule has 1 heterocycles. The number of nitrogens with zero attached hydrogens (tertiary/aromatic N) is 2. The normalized spacial score (nSPS) is 14.4. The summed E-state index contributed by atoms with van der Waals surface area (Å²) < 4.78 is 16.2. The maximum Gasteiger partial charge on any atom is 0.163 e. The van der Waals surface area contributed by atoms with E-state index in [1.165, 1.54) is 12.8 Å². The van der Waals surface area contributed by atoms with Crippen molar-refractivity contribution in [1.29, 1.82) is 5.26 Å². The second-order valence-electron chi connectivity index (χ2n) is 6.15. The summed E-state index contributed by atoms with van der Waals surface area (Å²) in [5, 5.41) is 13.9. The highest BCUT2D eigenvalue weighted by Gasteiger charge is 2.19. The van der Waals surface area contributed by atoms with Crippen molar-refractivity contribution in [3.63, 3.8) is 0 Å². The van der Waals surface area contributed by atoms with Crippen molar-refractivity contribution in [2.45, 2.75) is 31.7 Å². The molecule has 0 atom stereocenters. The highest BCUT2D eigenvalue weighted by molar-refractivity contribution is 5.96. The second kappa shape index (κ2) is 8.04. The Bertz CT molecular complexity index is 780. The van der Waals surface area contributed by atoms with Crippen LogP contribution in [0.2, 0.25) is 0 Å². The van der Waals surface area contributed by atoms with E-state index in [-0.39, 0.29) is 0 Å². The van der Waals surface area contributed by atoms with Crippen molar-refractivity contribution in [1.82, 2.24) is 4.98 Å². The smallest absolute Gasteiger partial charge is 0.163 e. The van der Waals surface area contributed by atoms with E-state index in [1.54, 1.807) is 20.4 Å². The van der Waals surface area contributed by atoms with E-state index in [1.807, 2.05) is 12.1 Å². The zero-order valence-corrected chi connectivity index (χ0v) is 14.7. The molecule has 0 radical (unpaired) electrons. The van der Waals surface area contributed by atoms with E-state index < -0.39 is 0 Å². The topological polar surface area (TPSA) is 76.4 Å². The Balaban J connectivity index is 2.02. The van der Waals surface area contributed by atoms with E-state index in [2.05, 4.69) is 16.4 Å². The summed E-state index contributed by atoms with van der Waals surface area (Å²) in [4.78, 5) is 4.42. The summed E-state index contributed by atoms with van der Waals surface area (Å²) in [6, 6.07) is 6.39. The molecular weight excluding hydrogens is 318 g/mol. The van der Waals surface area contributed by atoms with Gasteiger partial charge in [0.05, 0.1) is 30.5 Å². The Morgan fingerprint density at radius 3 is 2.68 bits per heavy atom. The standard InChI is InChI=1S/C19H23N3O3/c1-23-7-8-25-18-10-16-15(9-17(18)24-2)19(13(11-20)12-21-16)22-14-5-3-4-6-14/h9-10,12,14H,3-8H2,1-2H3,(H,21,22).